The van der Waals surface area contributed by atoms with Gasteiger partial charge in [-0.2, -0.15) is 9.78 Å². The summed E-state index contributed by atoms with van der Waals surface area (Å²) in [6, 6.07) is 19.0. The van der Waals surface area contributed by atoms with Gasteiger partial charge >= 0.3 is 0 Å². The highest BCUT2D eigenvalue weighted by molar-refractivity contribution is 9.10. The minimum atomic E-state index is -0.217. The van der Waals surface area contributed by atoms with E-state index in [1.807, 2.05) is 63.2 Å². The van der Waals surface area contributed by atoms with E-state index in [0.29, 0.717) is 34.1 Å². The van der Waals surface area contributed by atoms with Gasteiger partial charge in [0.05, 0.1) is 22.1 Å². The molecule has 0 unspecified atom stereocenters. The number of benzene rings is 3. The first kappa shape index (κ1) is 23.2. The number of nitrogens with zero attached hydrogens (tertiary/aromatic N) is 3. The Morgan fingerprint density at radius 2 is 1.88 bits per heavy atom. The van der Waals surface area contributed by atoms with Gasteiger partial charge < -0.3 is 4.74 Å². The number of hydrogen-bond donors (Lipinski definition) is 0. The fraction of sp³-hybridized carbons (Fsp3) is 0.192. The molecule has 3 aromatic carbocycles. The predicted molar refractivity (Wildman–Crippen MR) is 138 cm³/mol. The van der Waals surface area contributed by atoms with Gasteiger partial charge in [-0.05, 0) is 54.4 Å². The van der Waals surface area contributed by atoms with Crippen LogP contribution < -0.4 is 10.3 Å². The van der Waals surface area contributed by atoms with Gasteiger partial charge in [-0.1, -0.05) is 71.2 Å². The molecule has 0 saturated heterocycles. The van der Waals surface area contributed by atoms with E-state index in [9.17, 15) is 4.79 Å². The first-order valence-corrected chi connectivity index (χ1v) is 11.7. The second-order valence-corrected chi connectivity index (χ2v) is 9.43. The fourth-order valence-electron chi connectivity index (χ4n) is 3.34. The van der Waals surface area contributed by atoms with E-state index < -0.39 is 0 Å². The van der Waals surface area contributed by atoms with Crippen molar-refractivity contribution < 1.29 is 4.74 Å². The average molecular weight is 525 g/mol. The molecular formula is C26H23BrClN3O2. The summed E-state index contributed by atoms with van der Waals surface area (Å²) < 4.78 is 8.03. The van der Waals surface area contributed by atoms with Gasteiger partial charge in [0.1, 0.15) is 18.2 Å². The first-order valence-electron chi connectivity index (χ1n) is 10.6. The molecule has 0 aliphatic rings. The number of hydrogen-bond acceptors (Lipinski definition) is 4. The zero-order valence-corrected chi connectivity index (χ0v) is 20.9. The standard InChI is InChI=1S/C26H23BrClN3O2/c1-16(2)25-30-23-10-9-20(27)13-21(23)26(32)31(25)29-14-19-8-11-24(22(28)12-19)33-15-18-6-4-17(3)5-7-18/h4-14,16H,15H2,1-3H3. The molecule has 0 aliphatic carbocycles. The Balaban J connectivity index is 1.60. The molecule has 4 rings (SSSR count). The van der Waals surface area contributed by atoms with Crippen molar-refractivity contribution in [3.63, 3.8) is 0 Å². The van der Waals surface area contributed by atoms with E-state index in [4.69, 9.17) is 16.3 Å². The van der Waals surface area contributed by atoms with E-state index >= 15 is 0 Å². The maximum Gasteiger partial charge on any atom is 0.282 e. The maximum absolute atomic E-state index is 13.1. The maximum atomic E-state index is 13.1. The zero-order chi connectivity index (χ0) is 23.5. The van der Waals surface area contributed by atoms with Crippen LogP contribution in [0.2, 0.25) is 5.02 Å². The smallest absolute Gasteiger partial charge is 0.282 e. The number of aromatic nitrogens is 2. The third kappa shape index (κ3) is 5.34. The van der Waals surface area contributed by atoms with Crippen LogP contribution >= 0.6 is 27.5 Å². The number of fused-ring (bicyclic) bond motifs is 1. The monoisotopic (exact) mass is 523 g/mol. The molecular weight excluding hydrogens is 502 g/mol. The Morgan fingerprint density at radius 3 is 2.58 bits per heavy atom. The average Bonchev–Trinajstić information content (AvgIpc) is 2.79. The molecule has 0 aliphatic heterocycles. The lowest BCUT2D eigenvalue weighted by Gasteiger charge is -2.12. The van der Waals surface area contributed by atoms with E-state index in [0.717, 1.165) is 15.6 Å². The summed E-state index contributed by atoms with van der Waals surface area (Å²) in [5.41, 5.74) is 3.45. The molecule has 0 amide bonds. The highest BCUT2D eigenvalue weighted by Crippen LogP contribution is 2.26. The molecule has 4 aromatic rings. The molecule has 0 N–H and O–H groups in total. The van der Waals surface area contributed by atoms with Gasteiger partial charge in [0.15, 0.2) is 0 Å². The normalized spacial score (nSPS) is 11.6. The minimum Gasteiger partial charge on any atom is -0.487 e. The first-order chi connectivity index (χ1) is 15.8. The quantitative estimate of drug-likeness (QED) is 0.264. The van der Waals surface area contributed by atoms with E-state index in [1.54, 1.807) is 24.4 Å². The predicted octanol–water partition coefficient (Wildman–Crippen LogP) is 6.71. The topological polar surface area (TPSA) is 56.5 Å². The van der Waals surface area contributed by atoms with Gasteiger partial charge in [0.25, 0.3) is 5.56 Å². The van der Waals surface area contributed by atoms with Crippen molar-refractivity contribution in [1.29, 1.82) is 0 Å². The van der Waals surface area contributed by atoms with Crippen molar-refractivity contribution in [2.45, 2.75) is 33.3 Å². The van der Waals surface area contributed by atoms with Gasteiger partial charge in [0.2, 0.25) is 0 Å². The zero-order valence-electron chi connectivity index (χ0n) is 18.5. The molecule has 0 bridgehead atoms. The summed E-state index contributed by atoms with van der Waals surface area (Å²) in [5, 5.41) is 5.43. The number of halogens is 2. The molecule has 0 saturated carbocycles. The van der Waals surface area contributed by atoms with Gasteiger partial charge in [-0.15, -0.1) is 0 Å². The summed E-state index contributed by atoms with van der Waals surface area (Å²) in [7, 11) is 0. The van der Waals surface area contributed by atoms with Crippen LogP contribution in [0.3, 0.4) is 0 Å². The Morgan fingerprint density at radius 1 is 1.12 bits per heavy atom. The van der Waals surface area contributed by atoms with Gasteiger partial charge in [-0.3, -0.25) is 4.79 Å². The minimum absolute atomic E-state index is 0.0176. The highest BCUT2D eigenvalue weighted by atomic mass is 79.9. The van der Waals surface area contributed by atoms with Crippen molar-refractivity contribution >= 4 is 44.6 Å². The number of aryl methyl sites for hydroxylation is 1. The molecule has 168 valence electrons. The van der Waals surface area contributed by atoms with Crippen molar-refractivity contribution in [2.24, 2.45) is 5.10 Å². The molecule has 1 aromatic heterocycles. The van der Waals surface area contributed by atoms with Crippen LogP contribution in [0.5, 0.6) is 5.75 Å². The SMILES string of the molecule is Cc1ccc(COc2ccc(C=Nn3c(C(C)C)nc4ccc(Br)cc4c3=O)cc2Cl)cc1. The summed E-state index contributed by atoms with van der Waals surface area (Å²) in [4.78, 5) is 17.8. The van der Waals surface area contributed by atoms with E-state index in [-0.39, 0.29) is 11.5 Å². The third-order valence-corrected chi connectivity index (χ3v) is 5.93. The second kappa shape index (κ2) is 9.89. The summed E-state index contributed by atoms with van der Waals surface area (Å²) in [6.07, 6.45) is 1.61. The lowest BCUT2D eigenvalue weighted by atomic mass is 10.2. The fourth-order valence-corrected chi connectivity index (χ4v) is 3.94. The Hall–Kier alpha value is -2.96. The molecule has 0 spiro atoms. The summed E-state index contributed by atoms with van der Waals surface area (Å²) >= 11 is 9.86. The van der Waals surface area contributed by atoms with E-state index in [2.05, 4.69) is 26.0 Å². The molecule has 0 fully saturated rings. The molecule has 1 heterocycles. The van der Waals surface area contributed by atoms with Crippen molar-refractivity contribution in [3.8, 4) is 5.75 Å². The van der Waals surface area contributed by atoms with Crippen LogP contribution in [0.25, 0.3) is 10.9 Å². The lowest BCUT2D eigenvalue weighted by molar-refractivity contribution is 0.306. The Kier molecular flexibility index (Phi) is 6.96. The summed E-state index contributed by atoms with van der Waals surface area (Å²) in [5.74, 6) is 1.20. The van der Waals surface area contributed by atoms with Crippen molar-refractivity contribution in [3.05, 3.63) is 103 Å². The van der Waals surface area contributed by atoms with Crippen LogP contribution in [-0.2, 0) is 6.61 Å². The van der Waals surface area contributed by atoms with Crippen LogP contribution in [0, 0.1) is 6.92 Å². The van der Waals surface area contributed by atoms with E-state index in [1.165, 1.54) is 10.2 Å². The van der Waals surface area contributed by atoms with Crippen LogP contribution in [0.1, 0.15) is 42.3 Å². The highest BCUT2D eigenvalue weighted by Gasteiger charge is 2.14. The number of rotatable bonds is 6. The van der Waals surface area contributed by atoms with Crippen LogP contribution in [-0.4, -0.2) is 15.9 Å². The Labute approximate surface area is 205 Å². The van der Waals surface area contributed by atoms with Gasteiger partial charge in [-0.25, -0.2) is 4.98 Å². The lowest BCUT2D eigenvalue weighted by Crippen LogP contribution is -2.23. The molecule has 0 radical (unpaired) electrons. The molecule has 0 atom stereocenters. The van der Waals surface area contributed by atoms with Gasteiger partial charge in [0, 0.05) is 10.4 Å². The molecule has 7 heteroatoms. The molecule has 5 nitrogen and oxygen atoms in total. The second-order valence-electron chi connectivity index (χ2n) is 8.11. The molecule has 33 heavy (non-hydrogen) atoms. The van der Waals surface area contributed by atoms with Crippen molar-refractivity contribution in [2.75, 3.05) is 0 Å². The largest absolute Gasteiger partial charge is 0.487 e. The van der Waals surface area contributed by atoms with Crippen molar-refractivity contribution in [1.82, 2.24) is 9.66 Å². The summed E-state index contributed by atoms with van der Waals surface area (Å²) in [6.45, 7) is 6.44. The van der Waals surface area contributed by atoms with Crippen LogP contribution in [0.15, 0.2) is 75.0 Å². The number of ether oxygens (including phenoxy) is 1. The van der Waals surface area contributed by atoms with Crippen LogP contribution in [0.4, 0.5) is 0 Å². The third-order valence-electron chi connectivity index (χ3n) is 5.14. The Bertz CT molecular complexity index is 1400.